The van der Waals surface area contributed by atoms with E-state index in [2.05, 4.69) is 23.5 Å². The first-order chi connectivity index (χ1) is 6.28. The average molecular weight is 174 g/mol. The maximum Gasteiger partial charge on any atom is 0.0411 e. The fraction of sp³-hybridized carbons (Fsp3) is 0.455. The second-order valence-electron chi connectivity index (χ2n) is 4.24. The Kier molecular flexibility index (Phi) is 1.35. The van der Waals surface area contributed by atoms with E-state index < -0.39 is 0 Å². The lowest BCUT2D eigenvalue weighted by molar-refractivity contribution is 0.736. The Hall–Kier alpha value is -0.860. The Balaban J connectivity index is 2.05. The van der Waals surface area contributed by atoms with Gasteiger partial charge in [0.25, 0.3) is 0 Å². The highest BCUT2D eigenvalue weighted by atomic mass is 14.9. The van der Waals surface area contributed by atoms with E-state index in [1.54, 1.807) is 0 Å². The van der Waals surface area contributed by atoms with E-state index in [0.29, 0.717) is 0 Å². The van der Waals surface area contributed by atoms with Crippen LogP contribution in [0.1, 0.15) is 29.5 Å². The molecule has 13 heavy (non-hydrogen) atoms. The summed E-state index contributed by atoms with van der Waals surface area (Å²) in [7, 11) is 0. The van der Waals surface area contributed by atoms with Crippen molar-refractivity contribution in [1.29, 1.82) is 0 Å². The number of rotatable bonds is 1. The minimum absolute atomic E-state index is 0.0254. The quantitative estimate of drug-likeness (QED) is 0.672. The van der Waals surface area contributed by atoms with Gasteiger partial charge in [0.05, 0.1) is 0 Å². The third-order valence-electron chi connectivity index (χ3n) is 3.20. The van der Waals surface area contributed by atoms with Crippen molar-refractivity contribution >= 4 is 0 Å². The lowest BCUT2D eigenvalue weighted by Crippen LogP contribution is -2.18. The van der Waals surface area contributed by atoms with Gasteiger partial charge in [-0.05, 0) is 29.5 Å². The van der Waals surface area contributed by atoms with E-state index in [0.717, 1.165) is 25.9 Å². The van der Waals surface area contributed by atoms with E-state index in [4.69, 9.17) is 5.73 Å². The lowest BCUT2D eigenvalue weighted by atomic mass is 10.0. The third-order valence-corrected chi connectivity index (χ3v) is 3.20. The molecule has 0 saturated heterocycles. The van der Waals surface area contributed by atoms with Crippen molar-refractivity contribution < 1.29 is 0 Å². The topological polar surface area (TPSA) is 38.0 Å². The fourth-order valence-corrected chi connectivity index (χ4v) is 2.03. The molecular formula is C11H14N2. The summed E-state index contributed by atoms with van der Waals surface area (Å²) in [4.78, 5) is 0. The van der Waals surface area contributed by atoms with E-state index in [9.17, 15) is 0 Å². The van der Waals surface area contributed by atoms with Crippen molar-refractivity contribution in [1.82, 2.24) is 5.32 Å². The predicted octanol–water partition coefficient (Wildman–Crippen LogP) is 1.24. The normalized spacial score (nSPS) is 22.8. The number of benzene rings is 1. The molecular weight excluding hydrogens is 160 g/mol. The summed E-state index contributed by atoms with van der Waals surface area (Å²) in [6.45, 7) is 2.03. The van der Waals surface area contributed by atoms with Gasteiger partial charge in [0, 0.05) is 18.6 Å². The van der Waals surface area contributed by atoms with Gasteiger partial charge in [-0.15, -0.1) is 0 Å². The molecule has 1 aliphatic carbocycles. The van der Waals surface area contributed by atoms with Crippen LogP contribution < -0.4 is 11.1 Å². The molecule has 3 N–H and O–H groups in total. The summed E-state index contributed by atoms with van der Waals surface area (Å²) in [5, 5.41) is 3.35. The molecule has 0 amide bonds. The highest BCUT2D eigenvalue weighted by molar-refractivity contribution is 5.39. The Morgan fingerprint density at radius 1 is 1.15 bits per heavy atom. The molecule has 1 heterocycles. The molecule has 0 atom stereocenters. The molecule has 1 aliphatic heterocycles. The molecule has 0 bridgehead atoms. The minimum Gasteiger partial charge on any atom is -0.321 e. The molecule has 68 valence electrons. The number of hydrogen-bond acceptors (Lipinski definition) is 2. The van der Waals surface area contributed by atoms with E-state index in [-0.39, 0.29) is 5.54 Å². The minimum atomic E-state index is 0.0254. The molecule has 1 aromatic carbocycles. The largest absolute Gasteiger partial charge is 0.321 e. The van der Waals surface area contributed by atoms with Crippen molar-refractivity contribution in [3.63, 3.8) is 0 Å². The van der Waals surface area contributed by atoms with Crippen LogP contribution in [-0.4, -0.2) is 0 Å². The molecule has 1 fully saturated rings. The van der Waals surface area contributed by atoms with Crippen LogP contribution in [0.25, 0.3) is 0 Å². The van der Waals surface area contributed by atoms with Gasteiger partial charge in [-0.25, -0.2) is 0 Å². The Bertz CT molecular complexity index is 353. The standard InChI is InChI=1S/C11H14N2/c12-11(3-4-11)10-2-1-8-6-13-7-9(8)5-10/h1-2,5,13H,3-4,6-7,12H2. The van der Waals surface area contributed by atoms with Gasteiger partial charge in [-0.3, -0.25) is 0 Å². The SMILES string of the molecule is NC1(c2ccc3c(c2)CNC3)CC1. The number of fused-ring (bicyclic) bond motifs is 1. The van der Waals surface area contributed by atoms with Gasteiger partial charge in [0.15, 0.2) is 0 Å². The maximum atomic E-state index is 6.14. The highest BCUT2D eigenvalue weighted by Gasteiger charge is 2.40. The van der Waals surface area contributed by atoms with Gasteiger partial charge in [0.1, 0.15) is 0 Å². The van der Waals surface area contributed by atoms with E-state index >= 15 is 0 Å². The summed E-state index contributed by atoms with van der Waals surface area (Å²) in [5.41, 5.74) is 10.4. The molecule has 0 unspecified atom stereocenters. The first-order valence-corrected chi connectivity index (χ1v) is 4.90. The maximum absolute atomic E-state index is 6.14. The summed E-state index contributed by atoms with van der Waals surface area (Å²) >= 11 is 0. The van der Waals surface area contributed by atoms with Crippen LogP contribution in [-0.2, 0) is 18.6 Å². The zero-order valence-corrected chi connectivity index (χ0v) is 7.64. The average Bonchev–Trinajstić information content (AvgIpc) is 2.74. The van der Waals surface area contributed by atoms with Crippen LogP contribution in [0.2, 0.25) is 0 Å². The molecule has 3 rings (SSSR count). The third kappa shape index (κ3) is 1.10. The van der Waals surface area contributed by atoms with Gasteiger partial charge in [-0.2, -0.15) is 0 Å². The molecule has 0 aromatic heterocycles. The van der Waals surface area contributed by atoms with E-state index in [1.165, 1.54) is 16.7 Å². The second kappa shape index (κ2) is 2.34. The zero-order chi connectivity index (χ0) is 8.89. The van der Waals surface area contributed by atoms with Crippen LogP contribution in [0, 0.1) is 0 Å². The van der Waals surface area contributed by atoms with Crippen LogP contribution in [0.3, 0.4) is 0 Å². The molecule has 1 saturated carbocycles. The molecule has 1 aromatic rings. The van der Waals surface area contributed by atoms with Crippen LogP contribution in [0.4, 0.5) is 0 Å². The monoisotopic (exact) mass is 174 g/mol. The Labute approximate surface area is 78.1 Å². The highest BCUT2D eigenvalue weighted by Crippen LogP contribution is 2.43. The van der Waals surface area contributed by atoms with Crippen LogP contribution >= 0.6 is 0 Å². The van der Waals surface area contributed by atoms with Gasteiger partial charge in [-0.1, -0.05) is 18.2 Å². The van der Waals surface area contributed by atoms with Crippen molar-refractivity contribution in [3.8, 4) is 0 Å². The molecule has 2 aliphatic rings. The number of nitrogens with two attached hydrogens (primary N) is 1. The van der Waals surface area contributed by atoms with Crippen molar-refractivity contribution in [2.45, 2.75) is 31.5 Å². The summed E-state index contributed by atoms with van der Waals surface area (Å²) in [5.74, 6) is 0. The smallest absolute Gasteiger partial charge is 0.0411 e. The fourth-order valence-electron chi connectivity index (χ4n) is 2.03. The molecule has 0 spiro atoms. The Morgan fingerprint density at radius 2 is 1.92 bits per heavy atom. The zero-order valence-electron chi connectivity index (χ0n) is 7.64. The second-order valence-corrected chi connectivity index (χ2v) is 4.24. The van der Waals surface area contributed by atoms with Crippen LogP contribution in [0.5, 0.6) is 0 Å². The first kappa shape index (κ1) is 7.54. The van der Waals surface area contributed by atoms with Crippen molar-refractivity contribution in [2.24, 2.45) is 5.73 Å². The van der Waals surface area contributed by atoms with Gasteiger partial charge >= 0.3 is 0 Å². The molecule has 2 nitrogen and oxygen atoms in total. The predicted molar refractivity (Wildman–Crippen MR) is 52.1 cm³/mol. The first-order valence-electron chi connectivity index (χ1n) is 4.90. The summed E-state index contributed by atoms with van der Waals surface area (Å²) < 4.78 is 0. The summed E-state index contributed by atoms with van der Waals surface area (Å²) in [6.07, 6.45) is 2.30. The lowest BCUT2D eigenvalue weighted by Gasteiger charge is -2.10. The number of nitrogens with one attached hydrogen (secondary N) is 1. The summed E-state index contributed by atoms with van der Waals surface area (Å²) in [6, 6.07) is 6.69. The van der Waals surface area contributed by atoms with Gasteiger partial charge in [0.2, 0.25) is 0 Å². The van der Waals surface area contributed by atoms with E-state index in [1.807, 2.05) is 0 Å². The van der Waals surface area contributed by atoms with Crippen LogP contribution in [0.15, 0.2) is 18.2 Å². The number of hydrogen-bond donors (Lipinski definition) is 2. The van der Waals surface area contributed by atoms with Crippen molar-refractivity contribution in [3.05, 3.63) is 34.9 Å². The molecule has 0 radical (unpaired) electrons. The van der Waals surface area contributed by atoms with Gasteiger partial charge < -0.3 is 11.1 Å². The molecule has 2 heteroatoms. The van der Waals surface area contributed by atoms with Crippen molar-refractivity contribution in [2.75, 3.05) is 0 Å². The Morgan fingerprint density at radius 3 is 2.69 bits per heavy atom.